The van der Waals surface area contributed by atoms with Gasteiger partial charge >= 0.3 is 0 Å². The second-order valence-corrected chi connectivity index (χ2v) is 7.66. The summed E-state index contributed by atoms with van der Waals surface area (Å²) in [5.41, 5.74) is 9.13. The molecule has 0 aliphatic carbocycles. The van der Waals surface area contributed by atoms with Crippen LogP contribution in [0.4, 0.5) is 0 Å². The highest BCUT2D eigenvalue weighted by molar-refractivity contribution is 7.11. The predicted molar refractivity (Wildman–Crippen MR) is 89.5 cm³/mol. The van der Waals surface area contributed by atoms with Gasteiger partial charge in [0, 0.05) is 22.2 Å². The smallest absolute Gasteiger partial charge is 0.0343 e. The molecular formula is C18H25NS. The number of nitrogens with two attached hydrogens (primary N) is 1. The largest absolute Gasteiger partial charge is 0.324 e. The van der Waals surface area contributed by atoms with E-state index in [1.807, 2.05) is 11.3 Å². The molecule has 0 radical (unpaired) electrons. The molecule has 0 fully saturated rings. The maximum atomic E-state index is 6.34. The Balaban J connectivity index is 2.07. The van der Waals surface area contributed by atoms with Gasteiger partial charge in [0.05, 0.1) is 0 Å². The van der Waals surface area contributed by atoms with Crippen LogP contribution in [0.2, 0.25) is 0 Å². The molecule has 2 rings (SSSR count). The van der Waals surface area contributed by atoms with Crippen molar-refractivity contribution < 1.29 is 0 Å². The van der Waals surface area contributed by atoms with Crippen LogP contribution in [0.15, 0.2) is 36.4 Å². The Kier molecular flexibility index (Phi) is 4.66. The third-order valence-corrected chi connectivity index (χ3v) is 4.94. The highest BCUT2D eigenvalue weighted by Gasteiger charge is 2.14. The molecule has 1 aromatic carbocycles. The van der Waals surface area contributed by atoms with Gasteiger partial charge in [-0.2, -0.15) is 0 Å². The van der Waals surface area contributed by atoms with Crippen LogP contribution in [-0.2, 0) is 18.3 Å². The highest BCUT2D eigenvalue weighted by Crippen LogP contribution is 2.26. The lowest BCUT2D eigenvalue weighted by atomic mass is 9.86. The Labute approximate surface area is 126 Å². The van der Waals surface area contributed by atoms with Crippen molar-refractivity contribution in [2.45, 2.75) is 52.0 Å². The van der Waals surface area contributed by atoms with E-state index in [1.54, 1.807) is 0 Å². The summed E-state index contributed by atoms with van der Waals surface area (Å²) < 4.78 is 0. The summed E-state index contributed by atoms with van der Waals surface area (Å²) in [6.45, 7) is 8.90. The van der Waals surface area contributed by atoms with Crippen LogP contribution < -0.4 is 5.73 Å². The van der Waals surface area contributed by atoms with E-state index in [0.717, 1.165) is 12.8 Å². The molecule has 0 aliphatic rings. The average molecular weight is 287 g/mol. The van der Waals surface area contributed by atoms with Crippen LogP contribution >= 0.6 is 11.3 Å². The van der Waals surface area contributed by atoms with Crippen LogP contribution in [-0.4, -0.2) is 0 Å². The normalized spacial score (nSPS) is 13.4. The van der Waals surface area contributed by atoms with Crippen LogP contribution in [0.3, 0.4) is 0 Å². The van der Waals surface area contributed by atoms with Gasteiger partial charge in [-0.25, -0.2) is 0 Å². The quantitative estimate of drug-likeness (QED) is 0.854. The maximum absolute atomic E-state index is 6.34. The monoisotopic (exact) mass is 287 g/mol. The summed E-state index contributed by atoms with van der Waals surface area (Å²) in [6, 6.07) is 13.3. The van der Waals surface area contributed by atoms with Gasteiger partial charge in [0.15, 0.2) is 0 Å². The summed E-state index contributed by atoms with van der Waals surface area (Å²) in [4.78, 5) is 2.82. The molecule has 0 bridgehead atoms. The molecule has 2 aromatic rings. The number of rotatable bonds is 4. The molecule has 1 unspecified atom stereocenters. The Bertz CT molecular complexity index is 546. The van der Waals surface area contributed by atoms with Gasteiger partial charge in [0.2, 0.25) is 0 Å². The van der Waals surface area contributed by atoms with E-state index < -0.39 is 0 Å². The van der Waals surface area contributed by atoms with E-state index in [0.29, 0.717) is 0 Å². The number of hydrogen-bond donors (Lipinski definition) is 1. The van der Waals surface area contributed by atoms with Crippen LogP contribution in [0.25, 0.3) is 0 Å². The first-order chi connectivity index (χ1) is 9.40. The lowest BCUT2D eigenvalue weighted by Crippen LogP contribution is -2.14. The molecule has 108 valence electrons. The summed E-state index contributed by atoms with van der Waals surface area (Å²) >= 11 is 1.88. The fraction of sp³-hybridized carbons (Fsp3) is 0.444. The first-order valence-electron chi connectivity index (χ1n) is 7.33. The minimum Gasteiger partial charge on any atom is -0.324 e. The zero-order chi connectivity index (χ0) is 14.8. The molecule has 0 aliphatic heterocycles. The molecule has 2 N–H and O–H groups in total. The zero-order valence-electron chi connectivity index (χ0n) is 12.9. The van der Waals surface area contributed by atoms with Crippen molar-refractivity contribution in [1.29, 1.82) is 0 Å². The predicted octanol–water partition coefficient (Wildman–Crippen LogP) is 4.85. The van der Waals surface area contributed by atoms with Crippen LogP contribution in [0.5, 0.6) is 0 Å². The van der Waals surface area contributed by atoms with Crippen molar-refractivity contribution in [1.82, 2.24) is 0 Å². The summed E-state index contributed by atoms with van der Waals surface area (Å²) in [7, 11) is 0. The standard InChI is InChI=1S/C18H25NS/c1-5-15-10-11-16(20-15)12-17(19)13-6-8-14(9-7-13)18(2,3)4/h6-11,17H,5,12,19H2,1-4H3. The van der Waals surface area contributed by atoms with Gasteiger partial charge in [-0.1, -0.05) is 52.0 Å². The Morgan fingerprint density at radius 3 is 2.10 bits per heavy atom. The molecule has 20 heavy (non-hydrogen) atoms. The van der Waals surface area contributed by atoms with Gasteiger partial charge in [0.1, 0.15) is 0 Å². The van der Waals surface area contributed by atoms with Crippen molar-refractivity contribution >= 4 is 11.3 Å². The summed E-state index contributed by atoms with van der Waals surface area (Å²) in [6.07, 6.45) is 2.04. The third kappa shape index (κ3) is 3.71. The van der Waals surface area contributed by atoms with Gasteiger partial charge in [-0.15, -0.1) is 11.3 Å². The number of aryl methyl sites for hydroxylation is 1. The molecule has 0 spiro atoms. The Hall–Kier alpha value is -1.12. The van der Waals surface area contributed by atoms with Crippen molar-refractivity contribution in [2.75, 3.05) is 0 Å². The van der Waals surface area contributed by atoms with E-state index in [9.17, 15) is 0 Å². The second-order valence-electron chi connectivity index (χ2n) is 6.40. The van der Waals surface area contributed by atoms with Crippen LogP contribution in [0.1, 0.15) is 54.6 Å². The van der Waals surface area contributed by atoms with E-state index in [-0.39, 0.29) is 11.5 Å². The maximum Gasteiger partial charge on any atom is 0.0343 e. The molecule has 0 saturated heterocycles. The van der Waals surface area contributed by atoms with Crippen molar-refractivity contribution in [3.63, 3.8) is 0 Å². The molecule has 1 heterocycles. The minimum absolute atomic E-state index is 0.0902. The Morgan fingerprint density at radius 1 is 1.00 bits per heavy atom. The van der Waals surface area contributed by atoms with Gasteiger partial charge in [-0.3, -0.25) is 0 Å². The van der Waals surface area contributed by atoms with Gasteiger partial charge in [0.25, 0.3) is 0 Å². The lowest BCUT2D eigenvalue weighted by Gasteiger charge is -2.20. The molecular weight excluding hydrogens is 262 g/mol. The fourth-order valence-corrected chi connectivity index (χ4v) is 3.30. The molecule has 1 nitrogen and oxygen atoms in total. The fourth-order valence-electron chi connectivity index (χ4n) is 2.29. The number of thiophene rings is 1. The van der Waals surface area contributed by atoms with E-state index >= 15 is 0 Å². The number of hydrogen-bond acceptors (Lipinski definition) is 2. The number of benzene rings is 1. The van der Waals surface area contributed by atoms with E-state index in [2.05, 4.69) is 64.1 Å². The van der Waals surface area contributed by atoms with Crippen LogP contribution in [0, 0.1) is 0 Å². The summed E-state index contributed by atoms with van der Waals surface area (Å²) in [5, 5.41) is 0. The third-order valence-electron chi connectivity index (χ3n) is 3.69. The zero-order valence-corrected chi connectivity index (χ0v) is 13.8. The van der Waals surface area contributed by atoms with Crippen molar-refractivity contribution in [2.24, 2.45) is 5.73 Å². The van der Waals surface area contributed by atoms with Crippen molar-refractivity contribution in [3.8, 4) is 0 Å². The first kappa shape index (κ1) is 15.3. The summed E-state index contributed by atoms with van der Waals surface area (Å²) in [5.74, 6) is 0. The molecule has 1 aromatic heterocycles. The van der Waals surface area contributed by atoms with Gasteiger partial charge in [-0.05, 0) is 35.1 Å². The Morgan fingerprint density at radius 2 is 1.60 bits per heavy atom. The van der Waals surface area contributed by atoms with Gasteiger partial charge < -0.3 is 5.73 Å². The van der Waals surface area contributed by atoms with E-state index in [4.69, 9.17) is 5.73 Å². The highest BCUT2D eigenvalue weighted by atomic mass is 32.1. The first-order valence-corrected chi connectivity index (χ1v) is 8.15. The SMILES string of the molecule is CCc1ccc(CC(N)c2ccc(C(C)(C)C)cc2)s1. The topological polar surface area (TPSA) is 26.0 Å². The lowest BCUT2D eigenvalue weighted by molar-refractivity contribution is 0.589. The molecule has 2 heteroatoms. The van der Waals surface area contributed by atoms with E-state index in [1.165, 1.54) is 20.9 Å². The second kappa shape index (κ2) is 6.11. The minimum atomic E-state index is 0.0902. The molecule has 0 saturated carbocycles. The molecule has 0 amide bonds. The molecule has 1 atom stereocenters. The van der Waals surface area contributed by atoms with Crippen molar-refractivity contribution in [3.05, 3.63) is 57.3 Å². The average Bonchev–Trinajstić information content (AvgIpc) is 2.85.